The SMILES string of the molecule is CCc1cc(N2CCOCC2)ccc1C. The maximum absolute atomic E-state index is 5.36. The molecule has 1 saturated heterocycles. The Bertz CT molecular complexity index is 329. The zero-order chi connectivity index (χ0) is 10.7. The third-order valence-electron chi connectivity index (χ3n) is 3.09. The summed E-state index contributed by atoms with van der Waals surface area (Å²) in [6.45, 7) is 8.15. The van der Waals surface area contributed by atoms with Crippen LogP contribution in [-0.4, -0.2) is 26.3 Å². The molecule has 0 spiro atoms. The van der Waals surface area contributed by atoms with Crippen molar-refractivity contribution in [2.75, 3.05) is 31.2 Å². The first-order chi connectivity index (χ1) is 7.31. The molecule has 1 fully saturated rings. The van der Waals surface area contributed by atoms with Gasteiger partial charge < -0.3 is 9.64 Å². The molecule has 0 aliphatic carbocycles. The van der Waals surface area contributed by atoms with E-state index in [1.807, 2.05) is 0 Å². The van der Waals surface area contributed by atoms with Gasteiger partial charge in [-0.3, -0.25) is 0 Å². The second kappa shape index (κ2) is 4.67. The van der Waals surface area contributed by atoms with E-state index in [9.17, 15) is 0 Å². The molecule has 2 rings (SSSR count). The van der Waals surface area contributed by atoms with Crippen LogP contribution in [0.2, 0.25) is 0 Å². The van der Waals surface area contributed by atoms with Gasteiger partial charge in [0.1, 0.15) is 0 Å². The molecule has 1 aliphatic heterocycles. The number of ether oxygens (including phenoxy) is 1. The van der Waals surface area contributed by atoms with Crippen molar-refractivity contribution in [1.29, 1.82) is 0 Å². The normalized spacial score (nSPS) is 16.8. The Hall–Kier alpha value is -1.02. The summed E-state index contributed by atoms with van der Waals surface area (Å²) in [4.78, 5) is 2.40. The number of benzene rings is 1. The molecule has 0 amide bonds. The van der Waals surface area contributed by atoms with E-state index in [4.69, 9.17) is 4.74 Å². The van der Waals surface area contributed by atoms with Crippen molar-refractivity contribution in [3.8, 4) is 0 Å². The Kier molecular flexibility index (Phi) is 3.27. The summed E-state index contributed by atoms with van der Waals surface area (Å²) in [6, 6.07) is 6.77. The van der Waals surface area contributed by atoms with E-state index >= 15 is 0 Å². The second-order valence-corrected chi connectivity index (χ2v) is 4.06. The fourth-order valence-electron chi connectivity index (χ4n) is 2.06. The highest BCUT2D eigenvalue weighted by Crippen LogP contribution is 2.20. The van der Waals surface area contributed by atoms with E-state index < -0.39 is 0 Å². The lowest BCUT2D eigenvalue weighted by Gasteiger charge is -2.29. The van der Waals surface area contributed by atoms with Crippen molar-refractivity contribution < 1.29 is 4.74 Å². The van der Waals surface area contributed by atoms with Gasteiger partial charge in [-0.15, -0.1) is 0 Å². The number of nitrogens with zero attached hydrogens (tertiary/aromatic N) is 1. The van der Waals surface area contributed by atoms with Crippen molar-refractivity contribution >= 4 is 5.69 Å². The first-order valence-electron chi connectivity index (χ1n) is 5.73. The lowest BCUT2D eigenvalue weighted by Crippen LogP contribution is -2.36. The predicted molar refractivity (Wildman–Crippen MR) is 63.6 cm³/mol. The van der Waals surface area contributed by atoms with E-state index in [0.717, 1.165) is 32.7 Å². The number of morpholine rings is 1. The summed E-state index contributed by atoms with van der Waals surface area (Å²) in [6.07, 6.45) is 1.12. The summed E-state index contributed by atoms with van der Waals surface area (Å²) in [5, 5.41) is 0. The Morgan fingerprint density at radius 3 is 2.67 bits per heavy atom. The molecule has 0 atom stereocenters. The van der Waals surface area contributed by atoms with Gasteiger partial charge in [-0.2, -0.15) is 0 Å². The largest absolute Gasteiger partial charge is 0.378 e. The van der Waals surface area contributed by atoms with E-state index in [1.165, 1.54) is 16.8 Å². The molecular formula is C13H19NO. The molecule has 2 heteroatoms. The zero-order valence-corrected chi connectivity index (χ0v) is 9.62. The molecule has 0 aromatic heterocycles. The molecule has 2 nitrogen and oxygen atoms in total. The van der Waals surface area contributed by atoms with E-state index in [1.54, 1.807) is 0 Å². The monoisotopic (exact) mass is 205 g/mol. The highest BCUT2D eigenvalue weighted by atomic mass is 16.5. The lowest BCUT2D eigenvalue weighted by atomic mass is 10.1. The van der Waals surface area contributed by atoms with Gasteiger partial charge in [-0.25, -0.2) is 0 Å². The highest BCUT2D eigenvalue weighted by molar-refractivity contribution is 5.51. The van der Waals surface area contributed by atoms with Crippen LogP contribution in [-0.2, 0) is 11.2 Å². The lowest BCUT2D eigenvalue weighted by molar-refractivity contribution is 0.122. The Morgan fingerprint density at radius 1 is 1.27 bits per heavy atom. The molecule has 1 aliphatic rings. The van der Waals surface area contributed by atoms with Crippen molar-refractivity contribution in [3.63, 3.8) is 0 Å². The van der Waals surface area contributed by atoms with Crippen molar-refractivity contribution in [2.45, 2.75) is 20.3 Å². The Morgan fingerprint density at radius 2 is 2.00 bits per heavy atom. The van der Waals surface area contributed by atoms with Crippen molar-refractivity contribution in [2.24, 2.45) is 0 Å². The fourth-order valence-corrected chi connectivity index (χ4v) is 2.06. The number of hydrogen-bond acceptors (Lipinski definition) is 2. The van der Waals surface area contributed by atoms with Crippen LogP contribution in [0.4, 0.5) is 5.69 Å². The third-order valence-corrected chi connectivity index (χ3v) is 3.09. The van der Waals surface area contributed by atoms with E-state index in [0.29, 0.717) is 0 Å². The maximum atomic E-state index is 5.36. The minimum absolute atomic E-state index is 0.856. The van der Waals surface area contributed by atoms with Gasteiger partial charge in [0.15, 0.2) is 0 Å². The van der Waals surface area contributed by atoms with Crippen LogP contribution in [0.5, 0.6) is 0 Å². The van der Waals surface area contributed by atoms with Gasteiger partial charge in [-0.1, -0.05) is 13.0 Å². The molecule has 1 heterocycles. The first kappa shape index (κ1) is 10.5. The van der Waals surface area contributed by atoms with Crippen LogP contribution in [0, 0.1) is 6.92 Å². The minimum atomic E-state index is 0.856. The minimum Gasteiger partial charge on any atom is -0.378 e. The molecule has 1 aromatic carbocycles. The van der Waals surface area contributed by atoms with E-state index in [-0.39, 0.29) is 0 Å². The summed E-state index contributed by atoms with van der Waals surface area (Å²) in [7, 11) is 0. The van der Waals surface area contributed by atoms with Crippen LogP contribution in [0.3, 0.4) is 0 Å². The average Bonchev–Trinajstić information content (AvgIpc) is 2.31. The van der Waals surface area contributed by atoms with Crippen molar-refractivity contribution in [1.82, 2.24) is 0 Å². The molecule has 1 aromatic rings. The smallest absolute Gasteiger partial charge is 0.0642 e. The van der Waals surface area contributed by atoms with Gasteiger partial charge in [0, 0.05) is 18.8 Å². The maximum Gasteiger partial charge on any atom is 0.0642 e. The van der Waals surface area contributed by atoms with Gasteiger partial charge >= 0.3 is 0 Å². The summed E-state index contributed by atoms with van der Waals surface area (Å²) in [5.41, 5.74) is 4.20. The number of hydrogen-bond donors (Lipinski definition) is 0. The van der Waals surface area contributed by atoms with Crippen LogP contribution >= 0.6 is 0 Å². The predicted octanol–water partition coefficient (Wildman–Crippen LogP) is 2.39. The second-order valence-electron chi connectivity index (χ2n) is 4.06. The average molecular weight is 205 g/mol. The summed E-state index contributed by atoms with van der Waals surface area (Å²) in [5.74, 6) is 0. The Balaban J connectivity index is 2.20. The first-order valence-corrected chi connectivity index (χ1v) is 5.73. The third kappa shape index (κ3) is 2.32. The molecule has 82 valence electrons. The summed E-state index contributed by atoms with van der Waals surface area (Å²) >= 11 is 0. The molecule has 0 N–H and O–H groups in total. The van der Waals surface area contributed by atoms with Crippen LogP contribution in [0.15, 0.2) is 18.2 Å². The zero-order valence-electron chi connectivity index (χ0n) is 9.62. The van der Waals surface area contributed by atoms with Crippen LogP contribution in [0.1, 0.15) is 18.1 Å². The van der Waals surface area contributed by atoms with Gasteiger partial charge in [0.05, 0.1) is 13.2 Å². The molecule has 0 saturated carbocycles. The quantitative estimate of drug-likeness (QED) is 0.735. The summed E-state index contributed by atoms with van der Waals surface area (Å²) < 4.78 is 5.36. The van der Waals surface area contributed by atoms with Gasteiger partial charge in [0.25, 0.3) is 0 Å². The molecule has 0 radical (unpaired) electrons. The molecular weight excluding hydrogens is 186 g/mol. The molecule has 15 heavy (non-hydrogen) atoms. The van der Waals surface area contributed by atoms with E-state index in [2.05, 4.69) is 36.9 Å². The number of anilines is 1. The van der Waals surface area contributed by atoms with Crippen LogP contribution < -0.4 is 4.90 Å². The number of aryl methyl sites for hydroxylation is 2. The van der Waals surface area contributed by atoms with Gasteiger partial charge in [0.2, 0.25) is 0 Å². The van der Waals surface area contributed by atoms with Gasteiger partial charge in [-0.05, 0) is 36.6 Å². The Labute approximate surface area is 91.9 Å². The standard InChI is InChI=1S/C13H19NO/c1-3-12-10-13(5-4-11(12)2)14-6-8-15-9-7-14/h4-5,10H,3,6-9H2,1-2H3. The topological polar surface area (TPSA) is 12.5 Å². The molecule has 0 unspecified atom stereocenters. The van der Waals surface area contributed by atoms with Crippen LogP contribution in [0.25, 0.3) is 0 Å². The fraction of sp³-hybridized carbons (Fsp3) is 0.538. The highest BCUT2D eigenvalue weighted by Gasteiger charge is 2.11. The molecule has 0 bridgehead atoms. The number of rotatable bonds is 2. The van der Waals surface area contributed by atoms with Crippen molar-refractivity contribution in [3.05, 3.63) is 29.3 Å².